The second-order valence-corrected chi connectivity index (χ2v) is 8.61. The minimum atomic E-state index is -0.119. The highest BCUT2D eigenvalue weighted by Gasteiger charge is 2.34. The van der Waals surface area contributed by atoms with Gasteiger partial charge in [0, 0.05) is 6.54 Å². The van der Waals surface area contributed by atoms with E-state index in [4.69, 9.17) is 0 Å². The Morgan fingerprint density at radius 2 is 0.897 bits per heavy atom. The van der Waals surface area contributed by atoms with Crippen molar-refractivity contribution in [1.29, 1.82) is 0 Å². The summed E-state index contributed by atoms with van der Waals surface area (Å²) in [5.74, 6) is -0.238. The number of nitrogens with zero attached hydrogens (tertiary/aromatic N) is 1. The summed E-state index contributed by atoms with van der Waals surface area (Å²) >= 11 is 0. The van der Waals surface area contributed by atoms with E-state index in [0.717, 1.165) is 12.8 Å². The number of unbranched alkanes of at least 4 members (excludes halogenated alkanes) is 15. The van der Waals surface area contributed by atoms with Crippen LogP contribution in [0.2, 0.25) is 0 Å². The molecule has 0 spiro atoms. The highest BCUT2D eigenvalue weighted by molar-refractivity contribution is 6.21. The monoisotopic (exact) mass is 399 g/mol. The molecule has 29 heavy (non-hydrogen) atoms. The van der Waals surface area contributed by atoms with Gasteiger partial charge in [0.1, 0.15) is 0 Å². The molecule has 1 aromatic rings. The van der Waals surface area contributed by atoms with Gasteiger partial charge >= 0.3 is 0 Å². The van der Waals surface area contributed by atoms with E-state index in [1.54, 1.807) is 12.1 Å². The number of fused-ring (bicyclic) bond motifs is 1. The van der Waals surface area contributed by atoms with Gasteiger partial charge in [-0.25, -0.2) is 0 Å². The van der Waals surface area contributed by atoms with Gasteiger partial charge in [-0.05, 0) is 18.6 Å². The summed E-state index contributed by atoms with van der Waals surface area (Å²) in [6, 6.07) is 7.15. The topological polar surface area (TPSA) is 37.4 Å². The van der Waals surface area contributed by atoms with Gasteiger partial charge in [0.05, 0.1) is 11.1 Å². The average Bonchev–Trinajstić information content (AvgIpc) is 2.98. The van der Waals surface area contributed by atoms with Crippen LogP contribution in [0.5, 0.6) is 0 Å². The van der Waals surface area contributed by atoms with Crippen molar-refractivity contribution in [2.45, 2.75) is 110 Å². The molecular weight excluding hydrogens is 358 g/mol. The van der Waals surface area contributed by atoms with E-state index in [1.807, 2.05) is 12.1 Å². The normalized spacial score (nSPS) is 13.3. The van der Waals surface area contributed by atoms with Crippen LogP contribution >= 0.6 is 0 Å². The summed E-state index contributed by atoms with van der Waals surface area (Å²) in [7, 11) is 0. The summed E-state index contributed by atoms with van der Waals surface area (Å²) < 4.78 is 0. The van der Waals surface area contributed by atoms with E-state index in [1.165, 1.54) is 94.8 Å². The van der Waals surface area contributed by atoms with Crippen LogP contribution in [0.4, 0.5) is 0 Å². The lowest BCUT2D eigenvalue weighted by Crippen LogP contribution is -2.30. The number of carbonyl (C=O) groups is 2. The zero-order valence-electron chi connectivity index (χ0n) is 18.6. The van der Waals surface area contributed by atoms with E-state index < -0.39 is 0 Å². The van der Waals surface area contributed by atoms with Gasteiger partial charge in [0.25, 0.3) is 11.8 Å². The van der Waals surface area contributed by atoms with Crippen molar-refractivity contribution in [3.05, 3.63) is 35.4 Å². The first-order chi connectivity index (χ1) is 14.3. The van der Waals surface area contributed by atoms with Crippen LogP contribution in [0.1, 0.15) is 130 Å². The molecular formula is C26H41NO2. The summed E-state index contributed by atoms with van der Waals surface area (Å²) in [5.41, 5.74) is 1.13. The van der Waals surface area contributed by atoms with Crippen molar-refractivity contribution in [3.63, 3.8) is 0 Å². The summed E-state index contributed by atoms with van der Waals surface area (Å²) in [6.07, 6.45) is 21.3. The molecule has 1 aliphatic heterocycles. The molecule has 0 fully saturated rings. The molecule has 162 valence electrons. The first-order valence-electron chi connectivity index (χ1n) is 12.2. The van der Waals surface area contributed by atoms with Crippen LogP contribution in [0, 0.1) is 0 Å². The van der Waals surface area contributed by atoms with Gasteiger partial charge < -0.3 is 0 Å². The molecule has 0 atom stereocenters. The largest absolute Gasteiger partial charge is 0.274 e. The van der Waals surface area contributed by atoms with Gasteiger partial charge in [-0.1, -0.05) is 115 Å². The third kappa shape index (κ3) is 8.32. The maximum atomic E-state index is 12.3. The number of rotatable bonds is 17. The molecule has 0 aliphatic carbocycles. The van der Waals surface area contributed by atoms with Gasteiger partial charge in [0.2, 0.25) is 0 Å². The minimum Gasteiger partial charge on any atom is -0.274 e. The molecule has 3 heteroatoms. The first-order valence-corrected chi connectivity index (χ1v) is 12.2. The Hall–Kier alpha value is -1.64. The lowest BCUT2D eigenvalue weighted by Gasteiger charge is -2.13. The standard InChI is InChI=1S/C26H41NO2/c1-2-3-4-5-6-7-8-9-10-11-12-13-14-15-16-19-22-27-25(28)23-20-17-18-21-24(23)26(27)29/h17-18,20-21H,2-16,19,22H2,1H3. The van der Waals surface area contributed by atoms with Crippen molar-refractivity contribution in [1.82, 2.24) is 4.90 Å². The molecule has 3 nitrogen and oxygen atoms in total. The minimum absolute atomic E-state index is 0.119. The van der Waals surface area contributed by atoms with Crippen molar-refractivity contribution in [2.75, 3.05) is 6.54 Å². The summed E-state index contributed by atoms with van der Waals surface area (Å²) in [5, 5.41) is 0. The highest BCUT2D eigenvalue weighted by atomic mass is 16.2. The number of amides is 2. The molecule has 2 rings (SSSR count). The third-order valence-electron chi connectivity index (χ3n) is 6.11. The van der Waals surface area contributed by atoms with Crippen LogP contribution < -0.4 is 0 Å². The molecule has 0 bridgehead atoms. The predicted octanol–water partition coefficient (Wildman–Crippen LogP) is 7.54. The van der Waals surface area contributed by atoms with E-state index in [2.05, 4.69) is 6.92 Å². The average molecular weight is 400 g/mol. The maximum absolute atomic E-state index is 12.3. The number of hydrogen-bond donors (Lipinski definition) is 0. The fourth-order valence-electron chi connectivity index (χ4n) is 4.26. The van der Waals surface area contributed by atoms with E-state index in [-0.39, 0.29) is 11.8 Å². The Morgan fingerprint density at radius 1 is 0.552 bits per heavy atom. The zero-order chi connectivity index (χ0) is 20.7. The van der Waals surface area contributed by atoms with Crippen LogP contribution in [0.15, 0.2) is 24.3 Å². The summed E-state index contributed by atoms with van der Waals surface area (Å²) in [6.45, 7) is 2.84. The van der Waals surface area contributed by atoms with Gasteiger partial charge in [-0.2, -0.15) is 0 Å². The van der Waals surface area contributed by atoms with Crippen LogP contribution in [0.25, 0.3) is 0 Å². The van der Waals surface area contributed by atoms with Crippen LogP contribution in [0.3, 0.4) is 0 Å². The van der Waals surface area contributed by atoms with Gasteiger partial charge in [0.15, 0.2) is 0 Å². The third-order valence-corrected chi connectivity index (χ3v) is 6.11. The number of benzene rings is 1. The Balaban J connectivity index is 1.37. The van der Waals surface area contributed by atoms with Crippen LogP contribution in [-0.2, 0) is 0 Å². The predicted molar refractivity (Wildman–Crippen MR) is 121 cm³/mol. The number of hydrogen-bond acceptors (Lipinski definition) is 2. The van der Waals surface area contributed by atoms with Crippen molar-refractivity contribution < 1.29 is 9.59 Å². The Morgan fingerprint density at radius 3 is 1.28 bits per heavy atom. The molecule has 0 saturated heterocycles. The smallest absolute Gasteiger partial charge is 0.261 e. The molecule has 1 aliphatic rings. The quantitative estimate of drug-likeness (QED) is 0.200. The molecule has 0 radical (unpaired) electrons. The molecule has 0 unspecified atom stereocenters. The SMILES string of the molecule is CCCCCCCCCCCCCCCCCCN1C(=O)c2ccccc2C1=O. The summed E-state index contributed by atoms with van der Waals surface area (Å²) in [4.78, 5) is 26.0. The lowest BCUT2D eigenvalue weighted by atomic mass is 10.0. The maximum Gasteiger partial charge on any atom is 0.261 e. The second kappa shape index (κ2) is 14.4. The van der Waals surface area contributed by atoms with E-state index in [0.29, 0.717) is 17.7 Å². The zero-order valence-corrected chi connectivity index (χ0v) is 18.6. The highest BCUT2D eigenvalue weighted by Crippen LogP contribution is 2.23. The van der Waals surface area contributed by atoms with Gasteiger partial charge in [-0.3, -0.25) is 14.5 Å². The fourth-order valence-corrected chi connectivity index (χ4v) is 4.26. The number of carbonyl (C=O) groups excluding carboxylic acids is 2. The van der Waals surface area contributed by atoms with Crippen molar-refractivity contribution in [3.8, 4) is 0 Å². The molecule has 1 aromatic carbocycles. The first kappa shape index (κ1) is 23.6. The Labute approximate surface area is 178 Å². The molecule has 0 aromatic heterocycles. The van der Waals surface area contributed by atoms with E-state index >= 15 is 0 Å². The molecule has 0 N–H and O–H groups in total. The van der Waals surface area contributed by atoms with Crippen molar-refractivity contribution in [2.24, 2.45) is 0 Å². The molecule has 1 heterocycles. The number of imide groups is 1. The van der Waals surface area contributed by atoms with E-state index in [9.17, 15) is 9.59 Å². The van der Waals surface area contributed by atoms with Gasteiger partial charge in [-0.15, -0.1) is 0 Å². The van der Waals surface area contributed by atoms with Crippen LogP contribution in [-0.4, -0.2) is 23.3 Å². The van der Waals surface area contributed by atoms with Crippen molar-refractivity contribution >= 4 is 11.8 Å². The molecule has 0 saturated carbocycles. The lowest BCUT2D eigenvalue weighted by molar-refractivity contribution is 0.0651. The Bertz CT molecular complexity index is 575. The fraction of sp³-hybridized carbons (Fsp3) is 0.692. The Kier molecular flexibility index (Phi) is 11.7. The molecule has 2 amide bonds. The second-order valence-electron chi connectivity index (χ2n) is 8.61.